The standard InChI is InChI=1S/C17H20N2O2.ClH/c1-11-12(2)19-9-8-15(11)14-6-4-13(5-7-14)10-16(18)17(20)21-3;/h4-9,16H,10,18H2,1-3H3;1H/t16-;/m0./s1. The summed E-state index contributed by atoms with van der Waals surface area (Å²) in [6.45, 7) is 4.07. The molecule has 0 aliphatic rings. The predicted molar refractivity (Wildman–Crippen MR) is 90.1 cm³/mol. The maximum atomic E-state index is 11.3. The van der Waals surface area contributed by atoms with Gasteiger partial charge >= 0.3 is 5.97 Å². The van der Waals surface area contributed by atoms with Crippen molar-refractivity contribution in [3.63, 3.8) is 0 Å². The second-order valence-corrected chi connectivity index (χ2v) is 5.10. The molecule has 4 nitrogen and oxygen atoms in total. The predicted octanol–water partition coefficient (Wildman–Crippen LogP) is 2.83. The first-order valence-electron chi connectivity index (χ1n) is 6.88. The van der Waals surface area contributed by atoms with Gasteiger partial charge in [-0.25, -0.2) is 0 Å². The van der Waals surface area contributed by atoms with Crippen LogP contribution in [0.2, 0.25) is 0 Å². The van der Waals surface area contributed by atoms with Gasteiger partial charge < -0.3 is 10.5 Å². The third-order valence-corrected chi connectivity index (χ3v) is 3.68. The van der Waals surface area contributed by atoms with Crippen LogP contribution in [0.4, 0.5) is 0 Å². The lowest BCUT2D eigenvalue weighted by molar-refractivity contribution is -0.142. The first-order valence-corrected chi connectivity index (χ1v) is 6.88. The minimum Gasteiger partial charge on any atom is -0.468 e. The molecular weight excluding hydrogens is 300 g/mol. The summed E-state index contributed by atoms with van der Waals surface area (Å²) in [7, 11) is 1.35. The number of aryl methyl sites for hydroxylation is 1. The van der Waals surface area contributed by atoms with Gasteiger partial charge in [0.05, 0.1) is 7.11 Å². The van der Waals surface area contributed by atoms with E-state index >= 15 is 0 Å². The van der Waals surface area contributed by atoms with Gasteiger partial charge in [-0.2, -0.15) is 0 Å². The lowest BCUT2D eigenvalue weighted by Gasteiger charge is -2.11. The molecule has 0 bridgehead atoms. The highest BCUT2D eigenvalue weighted by atomic mass is 35.5. The molecule has 22 heavy (non-hydrogen) atoms. The highest BCUT2D eigenvalue weighted by Crippen LogP contribution is 2.24. The van der Waals surface area contributed by atoms with Crippen LogP contribution in [0.3, 0.4) is 0 Å². The number of nitrogens with zero attached hydrogens (tertiary/aromatic N) is 1. The molecule has 2 aromatic rings. The summed E-state index contributed by atoms with van der Waals surface area (Å²) in [6.07, 6.45) is 2.29. The number of halogens is 1. The zero-order valence-electron chi connectivity index (χ0n) is 13.0. The third kappa shape index (κ3) is 4.06. The number of esters is 1. The fourth-order valence-electron chi connectivity index (χ4n) is 2.26. The average Bonchev–Trinajstić information content (AvgIpc) is 2.50. The van der Waals surface area contributed by atoms with Crippen LogP contribution in [-0.2, 0) is 16.0 Å². The van der Waals surface area contributed by atoms with Crippen molar-refractivity contribution in [1.29, 1.82) is 0 Å². The summed E-state index contributed by atoms with van der Waals surface area (Å²) in [5.74, 6) is -0.389. The molecule has 1 aromatic heterocycles. The molecule has 0 amide bonds. The Balaban J connectivity index is 0.00000242. The summed E-state index contributed by atoms with van der Waals surface area (Å²) in [5.41, 5.74) is 11.3. The smallest absolute Gasteiger partial charge is 0.322 e. The fraction of sp³-hybridized carbons (Fsp3) is 0.294. The van der Waals surface area contributed by atoms with Crippen molar-refractivity contribution in [1.82, 2.24) is 4.98 Å². The SMILES string of the molecule is COC(=O)[C@@H](N)Cc1ccc(-c2ccnc(C)c2C)cc1.Cl. The second kappa shape index (κ2) is 7.92. The van der Waals surface area contributed by atoms with Crippen molar-refractivity contribution in [2.24, 2.45) is 5.73 Å². The molecule has 0 aliphatic carbocycles. The molecule has 0 unspecified atom stereocenters. The van der Waals surface area contributed by atoms with Crippen molar-refractivity contribution in [2.45, 2.75) is 26.3 Å². The molecule has 1 aromatic carbocycles. The number of aromatic nitrogens is 1. The average molecular weight is 321 g/mol. The van der Waals surface area contributed by atoms with Gasteiger partial charge in [-0.3, -0.25) is 9.78 Å². The molecule has 0 radical (unpaired) electrons. The van der Waals surface area contributed by atoms with Crippen LogP contribution in [0.25, 0.3) is 11.1 Å². The quantitative estimate of drug-likeness (QED) is 0.880. The monoisotopic (exact) mass is 320 g/mol. The highest BCUT2D eigenvalue weighted by molar-refractivity contribution is 5.85. The van der Waals surface area contributed by atoms with Crippen LogP contribution in [0.5, 0.6) is 0 Å². The van der Waals surface area contributed by atoms with Crippen LogP contribution in [0.1, 0.15) is 16.8 Å². The Morgan fingerprint density at radius 2 is 1.86 bits per heavy atom. The molecule has 0 spiro atoms. The van der Waals surface area contributed by atoms with E-state index in [1.165, 1.54) is 18.2 Å². The van der Waals surface area contributed by atoms with Gasteiger partial charge in [0.1, 0.15) is 6.04 Å². The number of rotatable bonds is 4. The zero-order chi connectivity index (χ0) is 15.4. The number of methoxy groups -OCH3 is 1. The summed E-state index contributed by atoms with van der Waals surface area (Å²) in [4.78, 5) is 15.6. The summed E-state index contributed by atoms with van der Waals surface area (Å²) >= 11 is 0. The second-order valence-electron chi connectivity index (χ2n) is 5.10. The molecule has 0 fully saturated rings. The van der Waals surface area contributed by atoms with Gasteiger partial charge in [0, 0.05) is 11.9 Å². The first kappa shape index (κ1) is 18.1. The van der Waals surface area contributed by atoms with Crippen molar-refractivity contribution in [2.75, 3.05) is 7.11 Å². The van der Waals surface area contributed by atoms with E-state index in [1.807, 2.05) is 43.5 Å². The lowest BCUT2D eigenvalue weighted by Crippen LogP contribution is -2.33. The van der Waals surface area contributed by atoms with Gasteiger partial charge in [0.2, 0.25) is 0 Å². The van der Waals surface area contributed by atoms with Crippen LogP contribution in [0, 0.1) is 13.8 Å². The molecule has 0 saturated carbocycles. The maximum absolute atomic E-state index is 11.3. The number of nitrogens with two attached hydrogens (primary N) is 1. The highest BCUT2D eigenvalue weighted by Gasteiger charge is 2.14. The Labute approximate surface area is 137 Å². The van der Waals surface area contributed by atoms with E-state index in [2.05, 4.69) is 16.6 Å². The molecule has 1 atom stereocenters. The van der Waals surface area contributed by atoms with E-state index in [-0.39, 0.29) is 18.4 Å². The first-order chi connectivity index (χ1) is 10.0. The third-order valence-electron chi connectivity index (χ3n) is 3.68. The minimum absolute atomic E-state index is 0. The number of carbonyl (C=O) groups is 1. The number of pyridine rings is 1. The van der Waals surface area contributed by atoms with E-state index in [1.54, 1.807) is 0 Å². The summed E-state index contributed by atoms with van der Waals surface area (Å²) < 4.78 is 4.64. The Morgan fingerprint density at radius 1 is 1.23 bits per heavy atom. The van der Waals surface area contributed by atoms with Crippen LogP contribution < -0.4 is 5.73 Å². The summed E-state index contributed by atoms with van der Waals surface area (Å²) in [6, 6.07) is 9.46. The molecule has 0 saturated heterocycles. The van der Waals surface area contributed by atoms with E-state index < -0.39 is 6.04 Å². The van der Waals surface area contributed by atoms with Crippen LogP contribution in [-0.4, -0.2) is 24.1 Å². The van der Waals surface area contributed by atoms with Crippen LogP contribution >= 0.6 is 12.4 Å². The number of ether oxygens (including phenoxy) is 1. The van der Waals surface area contributed by atoms with Crippen molar-refractivity contribution < 1.29 is 9.53 Å². The van der Waals surface area contributed by atoms with Gasteiger partial charge in [-0.1, -0.05) is 24.3 Å². The van der Waals surface area contributed by atoms with Crippen molar-refractivity contribution in [3.8, 4) is 11.1 Å². The molecule has 0 aliphatic heterocycles. The van der Waals surface area contributed by atoms with Gasteiger partial charge in [0.25, 0.3) is 0 Å². The molecule has 2 rings (SSSR count). The Morgan fingerprint density at radius 3 is 2.45 bits per heavy atom. The van der Waals surface area contributed by atoms with Crippen molar-refractivity contribution >= 4 is 18.4 Å². The number of hydrogen-bond acceptors (Lipinski definition) is 4. The molecule has 118 valence electrons. The fourth-order valence-corrected chi connectivity index (χ4v) is 2.26. The van der Waals surface area contributed by atoms with Gasteiger partial charge in [-0.15, -0.1) is 12.4 Å². The molecule has 2 N–H and O–H groups in total. The van der Waals surface area contributed by atoms with Crippen LogP contribution in [0.15, 0.2) is 36.5 Å². The van der Waals surface area contributed by atoms with Crippen molar-refractivity contribution in [3.05, 3.63) is 53.3 Å². The van der Waals surface area contributed by atoms with Gasteiger partial charge in [0.15, 0.2) is 0 Å². The Bertz CT molecular complexity index is 642. The maximum Gasteiger partial charge on any atom is 0.322 e. The minimum atomic E-state index is -0.620. The van der Waals surface area contributed by atoms with E-state index in [4.69, 9.17) is 5.73 Å². The van der Waals surface area contributed by atoms with E-state index in [9.17, 15) is 4.79 Å². The normalized spacial score (nSPS) is 11.5. The number of hydrogen-bond donors (Lipinski definition) is 1. The Kier molecular flexibility index (Phi) is 6.53. The lowest BCUT2D eigenvalue weighted by atomic mass is 9.98. The summed E-state index contributed by atoms with van der Waals surface area (Å²) in [5, 5.41) is 0. The number of carbonyl (C=O) groups excluding carboxylic acids is 1. The number of benzene rings is 1. The van der Waals surface area contributed by atoms with E-state index in [0.29, 0.717) is 6.42 Å². The molecule has 1 heterocycles. The largest absolute Gasteiger partial charge is 0.468 e. The topological polar surface area (TPSA) is 65.2 Å². The molecular formula is C17H21ClN2O2. The molecule has 5 heteroatoms. The van der Waals surface area contributed by atoms with E-state index in [0.717, 1.165) is 16.8 Å². The zero-order valence-corrected chi connectivity index (χ0v) is 13.8. The Hall–Kier alpha value is -1.91. The van der Waals surface area contributed by atoms with Gasteiger partial charge in [-0.05, 0) is 48.6 Å².